The smallest absolute Gasteiger partial charge is 0.278 e. The van der Waals surface area contributed by atoms with Gasteiger partial charge in [0.25, 0.3) is 5.91 Å². The first kappa shape index (κ1) is 17.7. The number of hydrogen-bond acceptors (Lipinski definition) is 4. The van der Waals surface area contributed by atoms with Gasteiger partial charge in [0.05, 0.1) is 11.0 Å². The summed E-state index contributed by atoms with van der Waals surface area (Å²) in [6, 6.07) is 13.1. The fourth-order valence-electron chi connectivity index (χ4n) is 3.33. The monoisotopic (exact) mass is 380 g/mol. The van der Waals surface area contributed by atoms with E-state index in [0.29, 0.717) is 27.7 Å². The Kier molecular flexibility index (Phi) is 4.94. The van der Waals surface area contributed by atoms with Gasteiger partial charge in [0.15, 0.2) is 11.5 Å². The molecule has 0 bridgehead atoms. The van der Waals surface area contributed by atoms with E-state index in [2.05, 4.69) is 15.2 Å². The normalized spacial score (nSPS) is 14.4. The maximum Gasteiger partial charge on any atom is 0.278 e. The third kappa shape index (κ3) is 3.74. The van der Waals surface area contributed by atoms with Gasteiger partial charge in [-0.15, -0.1) is 0 Å². The molecule has 6 heteroatoms. The molecule has 2 heterocycles. The number of nitrogens with one attached hydrogen (secondary N) is 1. The van der Waals surface area contributed by atoms with Crippen molar-refractivity contribution in [2.24, 2.45) is 0 Å². The minimum absolute atomic E-state index is 0.270. The van der Waals surface area contributed by atoms with Crippen LogP contribution in [0.3, 0.4) is 0 Å². The van der Waals surface area contributed by atoms with Crippen LogP contribution in [0.4, 0.5) is 11.5 Å². The zero-order valence-electron chi connectivity index (χ0n) is 15.2. The number of carbonyl (C=O) groups excluding carboxylic acids is 1. The van der Waals surface area contributed by atoms with Gasteiger partial charge in [-0.2, -0.15) is 0 Å². The number of rotatable bonds is 3. The zero-order chi connectivity index (χ0) is 18.8. The van der Waals surface area contributed by atoms with Gasteiger partial charge in [-0.05, 0) is 56.0 Å². The lowest BCUT2D eigenvalue weighted by atomic mass is 10.1. The standard InChI is InChI=1S/C21H21ClN4O/c1-14-9-10-15(13-16(14)22)23-21(27)19-20(26-11-5-2-6-12-26)25-18-8-4-3-7-17(18)24-19/h3-4,7-10,13H,2,5-6,11-12H2,1H3,(H,23,27). The molecule has 2 aromatic carbocycles. The molecule has 0 aliphatic carbocycles. The molecule has 1 aromatic heterocycles. The second kappa shape index (κ2) is 7.53. The molecule has 4 rings (SSSR count). The molecular formula is C21H21ClN4O. The summed E-state index contributed by atoms with van der Waals surface area (Å²) >= 11 is 6.19. The number of fused-ring (bicyclic) bond motifs is 1. The number of anilines is 2. The SMILES string of the molecule is Cc1ccc(NC(=O)c2nc3ccccc3nc2N2CCCCC2)cc1Cl. The molecular weight excluding hydrogens is 360 g/mol. The Morgan fingerprint density at radius 2 is 1.74 bits per heavy atom. The zero-order valence-corrected chi connectivity index (χ0v) is 16.0. The average molecular weight is 381 g/mol. The number of amides is 1. The van der Waals surface area contributed by atoms with Crippen molar-refractivity contribution in [3.63, 3.8) is 0 Å². The average Bonchev–Trinajstić information content (AvgIpc) is 2.70. The van der Waals surface area contributed by atoms with Crippen molar-refractivity contribution in [1.29, 1.82) is 0 Å². The Bertz CT molecular complexity index is 999. The maximum absolute atomic E-state index is 13.0. The van der Waals surface area contributed by atoms with Crippen molar-refractivity contribution in [3.05, 3.63) is 58.7 Å². The van der Waals surface area contributed by atoms with Gasteiger partial charge in [-0.3, -0.25) is 4.79 Å². The molecule has 0 radical (unpaired) electrons. The van der Waals surface area contributed by atoms with E-state index < -0.39 is 0 Å². The summed E-state index contributed by atoms with van der Waals surface area (Å²) in [6.45, 7) is 3.71. The molecule has 1 saturated heterocycles. The molecule has 27 heavy (non-hydrogen) atoms. The van der Waals surface area contributed by atoms with Crippen LogP contribution in [-0.2, 0) is 0 Å². The van der Waals surface area contributed by atoms with E-state index in [9.17, 15) is 4.79 Å². The van der Waals surface area contributed by atoms with Crippen LogP contribution in [0.1, 0.15) is 35.3 Å². The molecule has 5 nitrogen and oxygen atoms in total. The first-order chi connectivity index (χ1) is 13.1. The Hall–Kier alpha value is -2.66. The van der Waals surface area contributed by atoms with Crippen LogP contribution in [0.25, 0.3) is 11.0 Å². The van der Waals surface area contributed by atoms with Crippen LogP contribution in [0.2, 0.25) is 5.02 Å². The summed E-state index contributed by atoms with van der Waals surface area (Å²) in [5.41, 5.74) is 3.48. The highest BCUT2D eigenvalue weighted by Gasteiger charge is 2.23. The Morgan fingerprint density at radius 3 is 2.44 bits per heavy atom. The summed E-state index contributed by atoms with van der Waals surface area (Å²) in [5.74, 6) is 0.387. The Morgan fingerprint density at radius 1 is 1.04 bits per heavy atom. The highest BCUT2D eigenvalue weighted by atomic mass is 35.5. The van der Waals surface area contributed by atoms with Gasteiger partial charge in [0, 0.05) is 23.8 Å². The third-order valence-corrected chi connectivity index (χ3v) is 5.26. The second-order valence-electron chi connectivity index (χ2n) is 6.85. The first-order valence-corrected chi connectivity index (χ1v) is 9.59. The molecule has 1 aliphatic heterocycles. The van der Waals surface area contributed by atoms with Crippen LogP contribution in [0.5, 0.6) is 0 Å². The third-order valence-electron chi connectivity index (χ3n) is 4.85. The number of aromatic nitrogens is 2. The fraction of sp³-hybridized carbons (Fsp3) is 0.286. The predicted molar refractivity (Wildman–Crippen MR) is 110 cm³/mol. The number of halogens is 1. The van der Waals surface area contributed by atoms with Gasteiger partial charge < -0.3 is 10.2 Å². The fourth-order valence-corrected chi connectivity index (χ4v) is 3.51. The highest BCUT2D eigenvalue weighted by molar-refractivity contribution is 6.31. The van der Waals surface area contributed by atoms with Gasteiger partial charge in [0.2, 0.25) is 0 Å². The van der Waals surface area contributed by atoms with Crippen LogP contribution >= 0.6 is 11.6 Å². The number of nitrogens with zero attached hydrogens (tertiary/aromatic N) is 3. The molecule has 0 saturated carbocycles. The number of carbonyl (C=O) groups is 1. The molecule has 0 unspecified atom stereocenters. The van der Waals surface area contributed by atoms with Gasteiger partial charge in [-0.1, -0.05) is 29.8 Å². The number of piperidine rings is 1. The molecule has 1 aliphatic rings. The number of para-hydroxylation sites is 2. The molecule has 1 amide bonds. The predicted octanol–water partition coefficient (Wildman–Crippen LogP) is 4.83. The summed E-state index contributed by atoms with van der Waals surface area (Å²) in [4.78, 5) is 24.6. The lowest BCUT2D eigenvalue weighted by Crippen LogP contribution is -2.33. The molecule has 0 spiro atoms. The Labute approximate surface area is 163 Å². The van der Waals surface area contributed by atoms with Crippen molar-refractivity contribution < 1.29 is 4.79 Å². The van der Waals surface area contributed by atoms with E-state index in [4.69, 9.17) is 16.6 Å². The van der Waals surface area contributed by atoms with Crippen molar-refractivity contribution in [3.8, 4) is 0 Å². The number of benzene rings is 2. The van der Waals surface area contributed by atoms with E-state index in [1.807, 2.05) is 43.3 Å². The largest absolute Gasteiger partial charge is 0.355 e. The summed E-state index contributed by atoms with van der Waals surface area (Å²) in [6.07, 6.45) is 3.41. The topological polar surface area (TPSA) is 58.1 Å². The summed E-state index contributed by atoms with van der Waals surface area (Å²) in [7, 11) is 0. The molecule has 138 valence electrons. The lowest BCUT2D eigenvalue weighted by Gasteiger charge is -2.29. The number of hydrogen-bond donors (Lipinski definition) is 1. The van der Waals surface area contributed by atoms with Crippen molar-refractivity contribution in [2.75, 3.05) is 23.3 Å². The molecule has 0 atom stereocenters. The van der Waals surface area contributed by atoms with E-state index >= 15 is 0 Å². The Balaban J connectivity index is 1.73. The molecule has 3 aromatic rings. The quantitative estimate of drug-likeness (QED) is 0.706. The second-order valence-corrected chi connectivity index (χ2v) is 7.26. The van der Waals surface area contributed by atoms with Crippen LogP contribution in [0.15, 0.2) is 42.5 Å². The summed E-state index contributed by atoms with van der Waals surface area (Å²) in [5, 5.41) is 3.54. The van der Waals surface area contributed by atoms with Gasteiger partial charge in [-0.25, -0.2) is 9.97 Å². The number of aryl methyl sites for hydroxylation is 1. The maximum atomic E-state index is 13.0. The van der Waals surface area contributed by atoms with E-state index in [-0.39, 0.29) is 5.91 Å². The van der Waals surface area contributed by atoms with E-state index in [0.717, 1.165) is 37.0 Å². The summed E-state index contributed by atoms with van der Waals surface area (Å²) < 4.78 is 0. The first-order valence-electron chi connectivity index (χ1n) is 9.21. The highest BCUT2D eigenvalue weighted by Crippen LogP contribution is 2.26. The minimum atomic E-state index is -0.270. The van der Waals surface area contributed by atoms with Crippen molar-refractivity contribution >= 4 is 40.0 Å². The van der Waals surface area contributed by atoms with Crippen LogP contribution < -0.4 is 10.2 Å². The van der Waals surface area contributed by atoms with Crippen LogP contribution in [0, 0.1) is 6.92 Å². The van der Waals surface area contributed by atoms with Gasteiger partial charge in [0.1, 0.15) is 0 Å². The van der Waals surface area contributed by atoms with Crippen molar-refractivity contribution in [2.45, 2.75) is 26.2 Å². The van der Waals surface area contributed by atoms with Gasteiger partial charge >= 0.3 is 0 Å². The van der Waals surface area contributed by atoms with Crippen molar-refractivity contribution in [1.82, 2.24) is 9.97 Å². The van der Waals surface area contributed by atoms with E-state index in [1.165, 1.54) is 6.42 Å². The molecule has 1 N–H and O–H groups in total. The minimum Gasteiger partial charge on any atom is -0.355 e. The van der Waals surface area contributed by atoms with Crippen LogP contribution in [-0.4, -0.2) is 29.0 Å². The van der Waals surface area contributed by atoms with E-state index in [1.54, 1.807) is 6.07 Å². The molecule has 1 fully saturated rings. The lowest BCUT2D eigenvalue weighted by molar-refractivity contribution is 0.102.